The third kappa shape index (κ3) is 3.60. The third-order valence-electron chi connectivity index (χ3n) is 3.80. The molecule has 2 aromatic heterocycles. The van der Waals surface area contributed by atoms with E-state index in [1.54, 1.807) is 31.2 Å². The van der Waals surface area contributed by atoms with Crippen LogP contribution in [0.1, 0.15) is 29.9 Å². The molecule has 25 heavy (non-hydrogen) atoms. The molecule has 3 N–H and O–H groups in total. The van der Waals surface area contributed by atoms with Gasteiger partial charge in [0.25, 0.3) is 11.1 Å². The predicted octanol–water partition coefficient (Wildman–Crippen LogP) is 1.99. The highest BCUT2D eigenvalue weighted by Gasteiger charge is 2.13. The van der Waals surface area contributed by atoms with Crippen LogP contribution in [0.3, 0.4) is 0 Å². The summed E-state index contributed by atoms with van der Waals surface area (Å²) < 4.78 is 0. The number of rotatable bonds is 4. The van der Waals surface area contributed by atoms with Crippen molar-refractivity contribution in [2.24, 2.45) is 0 Å². The number of aromatic nitrogens is 3. The van der Waals surface area contributed by atoms with E-state index in [1.165, 1.54) is 6.07 Å². The maximum absolute atomic E-state index is 12.2. The zero-order valence-corrected chi connectivity index (χ0v) is 14.0. The normalized spacial score (nSPS) is 12.0. The Hall–Kier alpha value is -2.95. The minimum absolute atomic E-state index is 0.200. The van der Waals surface area contributed by atoms with Crippen LogP contribution in [0.15, 0.2) is 39.9 Å². The lowest BCUT2D eigenvalue weighted by Gasteiger charge is -2.13. The fraction of sp³-hybridized carbons (Fsp3) is 0.176. The van der Waals surface area contributed by atoms with Gasteiger partial charge in [0.15, 0.2) is 0 Å². The van der Waals surface area contributed by atoms with Gasteiger partial charge in [-0.1, -0.05) is 11.6 Å². The van der Waals surface area contributed by atoms with Crippen LogP contribution < -0.4 is 16.4 Å². The average molecular weight is 356 g/mol. The van der Waals surface area contributed by atoms with Gasteiger partial charge in [0, 0.05) is 17.1 Å². The van der Waals surface area contributed by atoms with Crippen molar-refractivity contribution >= 4 is 22.6 Å². The van der Waals surface area contributed by atoms with Gasteiger partial charge in [-0.15, -0.1) is 0 Å². The highest BCUT2D eigenvalue weighted by Crippen LogP contribution is 2.16. The van der Waals surface area contributed by atoms with Gasteiger partial charge in [-0.2, -0.15) is 5.26 Å². The molecule has 0 aliphatic carbocycles. The Morgan fingerprint density at radius 3 is 2.76 bits per heavy atom. The van der Waals surface area contributed by atoms with E-state index in [-0.39, 0.29) is 29.4 Å². The fourth-order valence-corrected chi connectivity index (χ4v) is 2.60. The molecule has 0 unspecified atom stereocenters. The molecule has 1 aromatic carbocycles. The Labute approximate surface area is 147 Å². The Kier molecular flexibility index (Phi) is 4.65. The highest BCUT2D eigenvalue weighted by molar-refractivity contribution is 6.31. The maximum Gasteiger partial charge on any atom is 0.271 e. The van der Waals surface area contributed by atoms with Gasteiger partial charge in [0.2, 0.25) is 0 Å². The number of hydrogen-bond donors (Lipinski definition) is 3. The van der Waals surface area contributed by atoms with Gasteiger partial charge in [0.1, 0.15) is 17.5 Å². The number of nitrogens with zero attached hydrogens (tertiary/aromatic N) is 2. The van der Waals surface area contributed by atoms with Gasteiger partial charge >= 0.3 is 0 Å². The summed E-state index contributed by atoms with van der Waals surface area (Å²) >= 11 is 5.96. The fourth-order valence-electron chi connectivity index (χ4n) is 2.43. The van der Waals surface area contributed by atoms with Gasteiger partial charge in [0.05, 0.1) is 17.1 Å². The Morgan fingerprint density at radius 2 is 2.04 bits per heavy atom. The molecule has 3 rings (SSSR count). The lowest BCUT2D eigenvalue weighted by Crippen LogP contribution is -2.28. The van der Waals surface area contributed by atoms with E-state index >= 15 is 0 Å². The largest absolute Gasteiger partial charge is 0.319 e. The quantitative estimate of drug-likeness (QED) is 0.662. The van der Waals surface area contributed by atoms with Gasteiger partial charge < -0.3 is 15.3 Å². The second-order valence-corrected chi connectivity index (χ2v) is 5.99. The van der Waals surface area contributed by atoms with E-state index in [4.69, 9.17) is 16.9 Å². The second kappa shape index (κ2) is 6.89. The number of fused-ring (bicyclic) bond motifs is 1. The molecular weight excluding hydrogens is 342 g/mol. The Balaban J connectivity index is 1.84. The molecule has 3 aromatic rings. The number of halogens is 1. The van der Waals surface area contributed by atoms with E-state index in [2.05, 4.69) is 20.3 Å². The van der Waals surface area contributed by atoms with Crippen LogP contribution >= 0.6 is 11.6 Å². The standard InChI is InChI=1S/C17H14ClN5O2/c1-9(20-8-10-2-4-12(7-19)21-16(10)24)15-17(25)23-13-5-3-11(18)6-14(13)22-15/h2-6,9,20H,8H2,1H3,(H,21,24)(H,23,25)/t9-/m0/s1. The summed E-state index contributed by atoms with van der Waals surface area (Å²) in [5.74, 6) is 0. The van der Waals surface area contributed by atoms with Crippen molar-refractivity contribution in [1.29, 1.82) is 5.26 Å². The number of nitrogens with one attached hydrogen (secondary N) is 3. The molecule has 0 aliphatic rings. The zero-order valence-electron chi connectivity index (χ0n) is 13.3. The van der Waals surface area contributed by atoms with Crippen molar-refractivity contribution in [2.45, 2.75) is 19.5 Å². The van der Waals surface area contributed by atoms with Gasteiger partial charge in [-0.3, -0.25) is 9.59 Å². The molecule has 1 atom stereocenters. The summed E-state index contributed by atoms with van der Waals surface area (Å²) in [5, 5.41) is 12.4. The minimum Gasteiger partial charge on any atom is -0.319 e. The topological polar surface area (TPSA) is 114 Å². The molecule has 0 amide bonds. The van der Waals surface area contributed by atoms with Crippen LogP contribution in [0.2, 0.25) is 5.02 Å². The van der Waals surface area contributed by atoms with Crippen LogP contribution in [0.25, 0.3) is 11.0 Å². The summed E-state index contributed by atoms with van der Waals surface area (Å²) in [6.07, 6.45) is 0. The van der Waals surface area contributed by atoms with Crippen LogP contribution in [0.5, 0.6) is 0 Å². The zero-order chi connectivity index (χ0) is 18.0. The first-order chi connectivity index (χ1) is 12.0. The van der Waals surface area contributed by atoms with E-state index in [0.717, 1.165) is 0 Å². The van der Waals surface area contributed by atoms with Crippen molar-refractivity contribution in [3.63, 3.8) is 0 Å². The number of hydrogen-bond acceptors (Lipinski definition) is 5. The van der Waals surface area contributed by atoms with Crippen LogP contribution in [-0.2, 0) is 6.54 Å². The molecule has 8 heteroatoms. The van der Waals surface area contributed by atoms with Gasteiger partial charge in [-0.05, 0) is 37.3 Å². The van der Waals surface area contributed by atoms with E-state index in [9.17, 15) is 9.59 Å². The molecule has 0 fully saturated rings. The summed E-state index contributed by atoms with van der Waals surface area (Å²) in [6.45, 7) is 2.02. The molecule has 0 aliphatic heterocycles. The smallest absolute Gasteiger partial charge is 0.271 e. The maximum atomic E-state index is 12.2. The second-order valence-electron chi connectivity index (χ2n) is 5.55. The first-order valence-electron chi connectivity index (χ1n) is 7.53. The third-order valence-corrected chi connectivity index (χ3v) is 4.04. The highest BCUT2D eigenvalue weighted by atomic mass is 35.5. The first-order valence-corrected chi connectivity index (χ1v) is 7.91. The van der Waals surface area contributed by atoms with E-state index < -0.39 is 0 Å². The molecular formula is C17H14ClN5O2. The molecule has 0 saturated heterocycles. The summed E-state index contributed by atoms with van der Waals surface area (Å²) in [7, 11) is 0. The minimum atomic E-state index is -0.387. The SMILES string of the molecule is C[C@H](NCc1ccc(C#N)[nH]c1=O)c1nc2cc(Cl)ccc2[nH]c1=O. The Bertz CT molecular complexity index is 1100. The summed E-state index contributed by atoms with van der Waals surface area (Å²) in [4.78, 5) is 33.7. The van der Waals surface area contributed by atoms with Crippen LogP contribution in [0.4, 0.5) is 0 Å². The van der Waals surface area contributed by atoms with E-state index in [1.807, 2.05) is 6.07 Å². The van der Waals surface area contributed by atoms with Crippen molar-refractivity contribution in [1.82, 2.24) is 20.3 Å². The molecule has 0 saturated carbocycles. The lowest BCUT2D eigenvalue weighted by molar-refractivity contribution is 0.555. The van der Waals surface area contributed by atoms with Gasteiger partial charge in [-0.25, -0.2) is 4.98 Å². The van der Waals surface area contributed by atoms with Crippen LogP contribution in [-0.4, -0.2) is 15.0 Å². The number of nitriles is 1. The summed E-state index contributed by atoms with van der Waals surface area (Å²) in [6, 6.07) is 9.65. The molecule has 2 heterocycles. The van der Waals surface area contributed by atoms with Crippen molar-refractivity contribution < 1.29 is 0 Å². The number of H-pyrrole nitrogens is 2. The first kappa shape index (κ1) is 16.9. The molecule has 0 bridgehead atoms. The number of pyridine rings is 1. The predicted molar refractivity (Wildman–Crippen MR) is 94.4 cm³/mol. The Morgan fingerprint density at radius 1 is 1.24 bits per heavy atom. The van der Waals surface area contributed by atoms with E-state index in [0.29, 0.717) is 27.3 Å². The van der Waals surface area contributed by atoms with Crippen molar-refractivity contribution in [3.8, 4) is 6.07 Å². The average Bonchev–Trinajstić information content (AvgIpc) is 2.60. The van der Waals surface area contributed by atoms with Crippen molar-refractivity contribution in [2.75, 3.05) is 0 Å². The monoisotopic (exact) mass is 355 g/mol. The molecule has 0 spiro atoms. The number of aromatic amines is 2. The molecule has 126 valence electrons. The lowest BCUT2D eigenvalue weighted by atomic mass is 10.2. The molecule has 7 nitrogen and oxygen atoms in total. The molecule has 0 radical (unpaired) electrons. The summed E-state index contributed by atoms with van der Waals surface area (Å²) in [5.41, 5.74) is 1.52. The van der Waals surface area contributed by atoms with Crippen molar-refractivity contribution in [3.05, 3.63) is 73.0 Å². The number of benzene rings is 1. The van der Waals surface area contributed by atoms with Crippen LogP contribution in [0, 0.1) is 11.3 Å².